The van der Waals surface area contributed by atoms with Gasteiger partial charge in [-0.3, -0.25) is 9.97 Å². The summed E-state index contributed by atoms with van der Waals surface area (Å²) >= 11 is 0. The molecule has 0 saturated heterocycles. The van der Waals surface area contributed by atoms with Crippen LogP contribution in [-0.2, 0) is 11.3 Å². The normalized spacial score (nSPS) is 11.7. The van der Waals surface area contributed by atoms with Gasteiger partial charge in [-0.05, 0) is 0 Å². The maximum atomic E-state index is 8.97. The van der Waals surface area contributed by atoms with Crippen molar-refractivity contribution in [2.75, 3.05) is 19.8 Å². The zero-order chi connectivity index (χ0) is 11.1. The summed E-state index contributed by atoms with van der Waals surface area (Å²) in [5.74, 6) is 0. The second-order valence-electron chi connectivity index (χ2n) is 3.14. The van der Waals surface area contributed by atoms with E-state index in [0.29, 0.717) is 5.69 Å². The molecule has 0 radical (unpaired) electrons. The highest BCUT2D eigenvalue weighted by molar-refractivity contribution is 4.93. The monoisotopic (exact) mass is 214 g/mol. The van der Waals surface area contributed by atoms with Gasteiger partial charge in [0.15, 0.2) is 0 Å². The number of aromatic nitrogens is 2. The van der Waals surface area contributed by atoms with Gasteiger partial charge in [0, 0.05) is 12.4 Å². The molecule has 0 aliphatic rings. The Bertz CT molecular complexity index is 268. The first-order valence-electron chi connectivity index (χ1n) is 4.48. The molecular formula is C9H14N2O4. The van der Waals surface area contributed by atoms with Crippen LogP contribution in [0.5, 0.6) is 0 Å². The summed E-state index contributed by atoms with van der Waals surface area (Å²) in [6.45, 7) is -1.30. The Labute approximate surface area is 87.2 Å². The maximum Gasteiger partial charge on any atom is 0.137 e. The average Bonchev–Trinajstić information content (AvgIpc) is 2.33. The topological polar surface area (TPSA) is 95.7 Å². The number of nitrogens with zero attached hydrogens (tertiary/aromatic N) is 2. The summed E-state index contributed by atoms with van der Waals surface area (Å²) in [5.41, 5.74) is -0.755. The Balaban J connectivity index is 2.54. The molecule has 1 rings (SSSR count). The standard InChI is InChI=1S/C9H14N2O4/c12-5-9(6-13,7-14)15-4-8-3-10-1-2-11-8/h1-3,12-14H,4-7H2. The summed E-state index contributed by atoms with van der Waals surface area (Å²) in [5, 5.41) is 26.9. The molecule has 6 heteroatoms. The number of hydrogen-bond acceptors (Lipinski definition) is 6. The zero-order valence-corrected chi connectivity index (χ0v) is 8.20. The van der Waals surface area contributed by atoms with Gasteiger partial charge in [-0.1, -0.05) is 0 Å². The van der Waals surface area contributed by atoms with Crippen molar-refractivity contribution in [3.8, 4) is 0 Å². The minimum absolute atomic E-state index is 0.0789. The van der Waals surface area contributed by atoms with E-state index in [9.17, 15) is 0 Å². The van der Waals surface area contributed by atoms with E-state index in [4.69, 9.17) is 20.1 Å². The molecule has 0 fully saturated rings. The molecule has 0 spiro atoms. The van der Waals surface area contributed by atoms with Crippen molar-refractivity contribution in [3.05, 3.63) is 24.3 Å². The van der Waals surface area contributed by atoms with Crippen LogP contribution in [0.1, 0.15) is 5.69 Å². The highest BCUT2D eigenvalue weighted by atomic mass is 16.5. The van der Waals surface area contributed by atoms with Crippen molar-refractivity contribution in [1.29, 1.82) is 0 Å². The maximum absolute atomic E-state index is 8.97. The first-order valence-corrected chi connectivity index (χ1v) is 4.48. The lowest BCUT2D eigenvalue weighted by molar-refractivity contribution is -0.141. The molecule has 0 aliphatic heterocycles. The van der Waals surface area contributed by atoms with E-state index in [2.05, 4.69) is 9.97 Å². The fraction of sp³-hybridized carbons (Fsp3) is 0.556. The lowest BCUT2D eigenvalue weighted by Gasteiger charge is -2.27. The number of aliphatic hydroxyl groups is 3. The Kier molecular flexibility index (Phi) is 4.57. The minimum atomic E-state index is -1.32. The molecule has 0 atom stereocenters. The average molecular weight is 214 g/mol. The molecule has 0 amide bonds. The largest absolute Gasteiger partial charge is 0.393 e. The highest BCUT2D eigenvalue weighted by Gasteiger charge is 2.29. The van der Waals surface area contributed by atoms with Gasteiger partial charge in [0.1, 0.15) is 5.60 Å². The lowest BCUT2D eigenvalue weighted by Crippen LogP contribution is -2.44. The Hall–Kier alpha value is -1.08. The summed E-state index contributed by atoms with van der Waals surface area (Å²) in [6.07, 6.45) is 4.55. The summed E-state index contributed by atoms with van der Waals surface area (Å²) in [4.78, 5) is 7.79. The smallest absolute Gasteiger partial charge is 0.137 e. The molecule has 84 valence electrons. The Morgan fingerprint density at radius 2 is 1.80 bits per heavy atom. The van der Waals surface area contributed by atoms with Gasteiger partial charge in [-0.2, -0.15) is 0 Å². The second kappa shape index (κ2) is 5.72. The summed E-state index contributed by atoms with van der Waals surface area (Å²) in [7, 11) is 0. The highest BCUT2D eigenvalue weighted by Crippen LogP contribution is 2.11. The first kappa shape index (κ1) is 12.0. The van der Waals surface area contributed by atoms with Crippen LogP contribution in [-0.4, -0.2) is 50.7 Å². The van der Waals surface area contributed by atoms with Gasteiger partial charge < -0.3 is 20.1 Å². The van der Waals surface area contributed by atoms with E-state index in [1.54, 1.807) is 0 Å². The van der Waals surface area contributed by atoms with Crippen LogP contribution in [0.3, 0.4) is 0 Å². The van der Waals surface area contributed by atoms with E-state index >= 15 is 0 Å². The van der Waals surface area contributed by atoms with Gasteiger partial charge in [0.25, 0.3) is 0 Å². The third kappa shape index (κ3) is 3.21. The van der Waals surface area contributed by atoms with Crippen LogP contribution in [0.2, 0.25) is 0 Å². The number of ether oxygens (including phenoxy) is 1. The van der Waals surface area contributed by atoms with Gasteiger partial charge in [0.05, 0.1) is 38.3 Å². The minimum Gasteiger partial charge on any atom is -0.393 e. The van der Waals surface area contributed by atoms with Crippen molar-refractivity contribution < 1.29 is 20.1 Å². The van der Waals surface area contributed by atoms with Crippen LogP contribution >= 0.6 is 0 Å². The van der Waals surface area contributed by atoms with E-state index in [0.717, 1.165) is 0 Å². The molecule has 0 bridgehead atoms. The number of rotatable bonds is 6. The molecule has 3 N–H and O–H groups in total. The van der Waals surface area contributed by atoms with Gasteiger partial charge in [-0.15, -0.1) is 0 Å². The molecule has 1 heterocycles. The SMILES string of the molecule is OCC(CO)(CO)OCc1cnccn1. The number of hydrogen-bond donors (Lipinski definition) is 3. The van der Waals surface area contributed by atoms with Crippen molar-refractivity contribution in [3.63, 3.8) is 0 Å². The molecule has 0 unspecified atom stereocenters. The van der Waals surface area contributed by atoms with Crippen LogP contribution in [0.25, 0.3) is 0 Å². The van der Waals surface area contributed by atoms with Gasteiger partial charge in [0.2, 0.25) is 0 Å². The van der Waals surface area contributed by atoms with Crippen molar-refractivity contribution in [2.45, 2.75) is 12.2 Å². The molecule has 6 nitrogen and oxygen atoms in total. The fourth-order valence-corrected chi connectivity index (χ4v) is 0.918. The third-order valence-corrected chi connectivity index (χ3v) is 2.01. The lowest BCUT2D eigenvalue weighted by atomic mass is 10.1. The van der Waals surface area contributed by atoms with Crippen LogP contribution in [0.4, 0.5) is 0 Å². The first-order chi connectivity index (χ1) is 7.26. The summed E-state index contributed by atoms with van der Waals surface area (Å²) in [6, 6.07) is 0. The summed E-state index contributed by atoms with van der Waals surface area (Å²) < 4.78 is 5.21. The van der Waals surface area contributed by atoms with E-state index in [-0.39, 0.29) is 6.61 Å². The molecule has 15 heavy (non-hydrogen) atoms. The van der Waals surface area contributed by atoms with Crippen molar-refractivity contribution in [2.24, 2.45) is 0 Å². The Morgan fingerprint density at radius 3 is 2.27 bits per heavy atom. The van der Waals surface area contributed by atoms with Crippen LogP contribution < -0.4 is 0 Å². The molecule has 0 aromatic carbocycles. The van der Waals surface area contributed by atoms with Crippen molar-refractivity contribution >= 4 is 0 Å². The predicted octanol–water partition coefficient (Wildman–Crippen LogP) is -1.29. The van der Waals surface area contributed by atoms with Crippen LogP contribution in [0, 0.1) is 0 Å². The van der Waals surface area contributed by atoms with Crippen molar-refractivity contribution in [1.82, 2.24) is 9.97 Å². The van der Waals surface area contributed by atoms with Crippen LogP contribution in [0.15, 0.2) is 18.6 Å². The van der Waals surface area contributed by atoms with E-state index < -0.39 is 25.4 Å². The van der Waals surface area contributed by atoms with E-state index in [1.165, 1.54) is 18.6 Å². The zero-order valence-electron chi connectivity index (χ0n) is 8.20. The predicted molar refractivity (Wildman–Crippen MR) is 50.8 cm³/mol. The fourth-order valence-electron chi connectivity index (χ4n) is 0.918. The third-order valence-electron chi connectivity index (χ3n) is 2.01. The molecule has 0 aliphatic carbocycles. The van der Waals surface area contributed by atoms with Gasteiger partial charge >= 0.3 is 0 Å². The molecule has 1 aromatic rings. The molecular weight excluding hydrogens is 200 g/mol. The second-order valence-corrected chi connectivity index (χ2v) is 3.14. The molecule has 0 saturated carbocycles. The molecule has 1 aromatic heterocycles. The number of aliphatic hydroxyl groups excluding tert-OH is 3. The van der Waals surface area contributed by atoms with E-state index in [1.807, 2.05) is 0 Å². The van der Waals surface area contributed by atoms with Gasteiger partial charge in [-0.25, -0.2) is 0 Å². The Morgan fingerprint density at radius 1 is 1.13 bits per heavy atom. The quantitative estimate of drug-likeness (QED) is 0.545.